The number of halogens is 1. The topological polar surface area (TPSA) is 52.1 Å². The molecule has 2 atom stereocenters. The standard InChI is InChI=1S/C17H33N5O.HI/c1-18-17(19-7-11-21-8-3-2-4-9-21)20-12-16-13-22-10-5-6-15(22)14-23-16;/h15-16H,2-14H2,1H3,(H2,18,19,20);1H. The molecule has 0 radical (unpaired) electrons. The van der Waals surface area contributed by atoms with Crippen LogP contribution in [0.4, 0.5) is 0 Å². The summed E-state index contributed by atoms with van der Waals surface area (Å²) in [6.07, 6.45) is 7.01. The zero-order valence-electron chi connectivity index (χ0n) is 15.0. The van der Waals surface area contributed by atoms with Crippen LogP contribution in [0.5, 0.6) is 0 Å². The molecule has 3 saturated heterocycles. The van der Waals surface area contributed by atoms with E-state index < -0.39 is 0 Å². The number of aliphatic imine (C=N–C) groups is 1. The second kappa shape index (κ2) is 10.8. The van der Waals surface area contributed by atoms with E-state index in [4.69, 9.17) is 4.74 Å². The monoisotopic (exact) mass is 451 g/mol. The van der Waals surface area contributed by atoms with Crippen molar-refractivity contribution in [3.63, 3.8) is 0 Å². The maximum absolute atomic E-state index is 5.99. The van der Waals surface area contributed by atoms with Crippen LogP contribution >= 0.6 is 24.0 Å². The second-order valence-electron chi connectivity index (χ2n) is 7.03. The van der Waals surface area contributed by atoms with E-state index in [0.717, 1.165) is 38.7 Å². The van der Waals surface area contributed by atoms with Crippen LogP contribution in [0.25, 0.3) is 0 Å². The Hall–Kier alpha value is -0.120. The number of piperidine rings is 1. The number of hydrogen-bond acceptors (Lipinski definition) is 4. The largest absolute Gasteiger partial charge is 0.373 e. The molecule has 0 spiro atoms. The van der Waals surface area contributed by atoms with Crippen molar-refractivity contribution in [3.8, 4) is 0 Å². The molecule has 3 heterocycles. The predicted molar refractivity (Wildman–Crippen MR) is 109 cm³/mol. The number of likely N-dealkylation sites (tertiary alicyclic amines) is 1. The minimum Gasteiger partial charge on any atom is -0.373 e. The summed E-state index contributed by atoms with van der Waals surface area (Å²) >= 11 is 0. The molecule has 3 fully saturated rings. The Morgan fingerprint density at radius 1 is 1.12 bits per heavy atom. The molecule has 24 heavy (non-hydrogen) atoms. The van der Waals surface area contributed by atoms with Gasteiger partial charge in [-0.15, -0.1) is 24.0 Å². The molecular formula is C17H34IN5O. The van der Waals surface area contributed by atoms with Crippen LogP contribution in [0.2, 0.25) is 0 Å². The van der Waals surface area contributed by atoms with Gasteiger partial charge >= 0.3 is 0 Å². The minimum atomic E-state index is 0. The average Bonchev–Trinajstić information content (AvgIpc) is 3.06. The number of nitrogens with one attached hydrogen (secondary N) is 2. The zero-order valence-corrected chi connectivity index (χ0v) is 17.3. The van der Waals surface area contributed by atoms with E-state index in [2.05, 4.69) is 25.4 Å². The van der Waals surface area contributed by atoms with Gasteiger partial charge in [-0.25, -0.2) is 0 Å². The van der Waals surface area contributed by atoms with Gasteiger partial charge in [-0.05, 0) is 45.3 Å². The molecule has 140 valence electrons. The number of hydrogen-bond donors (Lipinski definition) is 2. The highest BCUT2D eigenvalue weighted by atomic mass is 127. The first-order valence-corrected chi connectivity index (χ1v) is 9.37. The first-order valence-electron chi connectivity index (χ1n) is 9.37. The second-order valence-corrected chi connectivity index (χ2v) is 7.03. The molecule has 0 aromatic rings. The molecule has 3 aliphatic heterocycles. The third-order valence-corrected chi connectivity index (χ3v) is 5.35. The minimum absolute atomic E-state index is 0. The van der Waals surface area contributed by atoms with E-state index in [1.165, 1.54) is 51.7 Å². The molecule has 0 bridgehead atoms. The summed E-state index contributed by atoms with van der Waals surface area (Å²) in [5.74, 6) is 0.897. The van der Waals surface area contributed by atoms with Crippen LogP contribution in [-0.2, 0) is 4.74 Å². The van der Waals surface area contributed by atoms with Crippen molar-refractivity contribution < 1.29 is 4.74 Å². The van der Waals surface area contributed by atoms with E-state index in [1.54, 1.807) is 0 Å². The van der Waals surface area contributed by atoms with Crippen molar-refractivity contribution in [1.29, 1.82) is 0 Å². The SMILES string of the molecule is CN=C(NCCN1CCCCC1)NCC1CN2CCCC2CO1.I. The lowest BCUT2D eigenvalue weighted by Gasteiger charge is -2.35. The first-order chi connectivity index (χ1) is 11.3. The molecule has 0 saturated carbocycles. The lowest BCUT2D eigenvalue weighted by Crippen LogP contribution is -2.51. The zero-order chi connectivity index (χ0) is 15.9. The third-order valence-electron chi connectivity index (χ3n) is 5.35. The van der Waals surface area contributed by atoms with E-state index in [-0.39, 0.29) is 30.1 Å². The Morgan fingerprint density at radius 2 is 1.96 bits per heavy atom. The van der Waals surface area contributed by atoms with Crippen molar-refractivity contribution in [1.82, 2.24) is 20.4 Å². The summed E-state index contributed by atoms with van der Waals surface area (Å²) in [6.45, 7) is 8.60. The van der Waals surface area contributed by atoms with Crippen molar-refractivity contribution in [2.24, 2.45) is 4.99 Å². The van der Waals surface area contributed by atoms with Crippen molar-refractivity contribution in [3.05, 3.63) is 0 Å². The maximum Gasteiger partial charge on any atom is 0.191 e. The van der Waals surface area contributed by atoms with E-state index in [1.807, 2.05) is 7.05 Å². The van der Waals surface area contributed by atoms with Crippen LogP contribution in [0, 0.1) is 0 Å². The molecule has 0 aromatic carbocycles. The van der Waals surface area contributed by atoms with Crippen molar-refractivity contribution in [2.45, 2.75) is 44.2 Å². The number of guanidine groups is 1. The number of morpholine rings is 1. The molecule has 0 aliphatic carbocycles. The molecule has 3 aliphatic rings. The number of rotatable bonds is 5. The molecule has 2 N–H and O–H groups in total. The fourth-order valence-corrected chi connectivity index (χ4v) is 3.96. The molecule has 2 unspecified atom stereocenters. The number of nitrogens with zero attached hydrogens (tertiary/aromatic N) is 3. The van der Waals surface area contributed by atoms with Crippen molar-refractivity contribution in [2.75, 3.05) is 59.5 Å². The van der Waals surface area contributed by atoms with Crippen LogP contribution in [-0.4, -0.2) is 87.4 Å². The Labute approximate surface area is 163 Å². The van der Waals surface area contributed by atoms with Gasteiger partial charge in [-0.2, -0.15) is 0 Å². The Morgan fingerprint density at radius 3 is 2.75 bits per heavy atom. The van der Waals surface area contributed by atoms with Gasteiger partial charge in [0, 0.05) is 39.3 Å². The Bertz CT molecular complexity index is 389. The van der Waals surface area contributed by atoms with Crippen LogP contribution < -0.4 is 10.6 Å². The highest BCUT2D eigenvalue weighted by Gasteiger charge is 2.32. The number of fused-ring (bicyclic) bond motifs is 1. The molecule has 7 heteroatoms. The van der Waals surface area contributed by atoms with Gasteiger partial charge in [0.2, 0.25) is 0 Å². The summed E-state index contributed by atoms with van der Waals surface area (Å²) in [4.78, 5) is 9.46. The van der Waals surface area contributed by atoms with Gasteiger partial charge in [0.15, 0.2) is 5.96 Å². The third kappa shape index (κ3) is 6.00. The lowest BCUT2D eigenvalue weighted by atomic mass is 10.1. The van der Waals surface area contributed by atoms with Gasteiger partial charge in [-0.1, -0.05) is 6.42 Å². The molecule has 0 aromatic heterocycles. The molecular weight excluding hydrogens is 417 g/mol. The highest BCUT2D eigenvalue weighted by Crippen LogP contribution is 2.22. The summed E-state index contributed by atoms with van der Waals surface area (Å²) in [5.41, 5.74) is 0. The smallest absolute Gasteiger partial charge is 0.191 e. The molecule has 3 rings (SSSR count). The van der Waals surface area contributed by atoms with Gasteiger partial charge in [0.25, 0.3) is 0 Å². The Kier molecular flexibility index (Phi) is 9.07. The van der Waals surface area contributed by atoms with Gasteiger partial charge in [-0.3, -0.25) is 9.89 Å². The normalized spacial score (nSPS) is 29.0. The van der Waals surface area contributed by atoms with E-state index in [0.29, 0.717) is 6.04 Å². The Balaban J connectivity index is 0.00000208. The van der Waals surface area contributed by atoms with Crippen LogP contribution in [0.15, 0.2) is 4.99 Å². The maximum atomic E-state index is 5.99. The summed E-state index contributed by atoms with van der Waals surface area (Å²) in [5, 5.41) is 6.86. The van der Waals surface area contributed by atoms with Crippen molar-refractivity contribution >= 4 is 29.9 Å². The van der Waals surface area contributed by atoms with Crippen LogP contribution in [0.1, 0.15) is 32.1 Å². The van der Waals surface area contributed by atoms with Crippen LogP contribution in [0.3, 0.4) is 0 Å². The quantitative estimate of drug-likeness (QED) is 0.373. The first kappa shape index (κ1) is 20.2. The average molecular weight is 451 g/mol. The van der Waals surface area contributed by atoms with E-state index >= 15 is 0 Å². The lowest BCUT2D eigenvalue weighted by molar-refractivity contribution is -0.0453. The van der Waals surface area contributed by atoms with Gasteiger partial charge in [0.1, 0.15) is 0 Å². The fourth-order valence-electron chi connectivity index (χ4n) is 3.96. The van der Waals surface area contributed by atoms with E-state index in [9.17, 15) is 0 Å². The molecule has 0 amide bonds. The summed E-state index contributed by atoms with van der Waals surface area (Å²) in [7, 11) is 1.84. The number of ether oxygens (including phenoxy) is 1. The fraction of sp³-hybridized carbons (Fsp3) is 0.941. The van der Waals surface area contributed by atoms with Gasteiger partial charge < -0.3 is 20.3 Å². The predicted octanol–water partition coefficient (Wildman–Crippen LogP) is 1.12. The summed E-state index contributed by atoms with van der Waals surface area (Å²) < 4.78 is 5.99. The highest BCUT2D eigenvalue weighted by molar-refractivity contribution is 14.0. The molecule has 6 nitrogen and oxygen atoms in total. The van der Waals surface area contributed by atoms with Gasteiger partial charge in [0.05, 0.1) is 12.7 Å². The summed E-state index contributed by atoms with van der Waals surface area (Å²) in [6, 6.07) is 0.674.